The molecule has 3 heteroatoms. The van der Waals surface area contributed by atoms with Crippen LogP contribution in [-0.2, 0) is 0 Å². The van der Waals surface area contributed by atoms with E-state index in [0.29, 0.717) is 10.6 Å². The lowest BCUT2D eigenvalue weighted by Gasteiger charge is -2.07. The highest BCUT2D eigenvalue weighted by molar-refractivity contribution is 6.34. The molecule has 1 aromatic carbocycles. The molecule has 0 aliphatic rings. The van der Waals surface area contributed by atoms with E-state index in [4.69, 9.17) is 11.6 Å². The number of hydrogen-bond donors (Lipinski definition) is 0. The zero-order valence-corrected chi connectivity index (χ0v) is 10.5. The van der Waals surface area contributed by atoms with Gasteiger partial charge in [0.05, 0.1) is 5.02 Å². The SMILES string of the molecule is CC(=O)c1ccc(-c2cnccc2C)cc1Cl. The summed E-state index contributed by atoms with van der Waals surface area (Å²) in [5.41, 5.74) is 3.69. The van der Waals surface area contributed by atoms with Gasteiger partial charge in [-0.3, -0.25) is 9.78 Å². The van der Waals surface area contributed by atoms with E-state index >= 15 is 0 Å². The Morgan fingerprint density at radius 2 is 2.06 bits per heavy atom. The van der Waals surface area contributed by atoms with Crippen molar-refractivity contribution < 1.29 is 4.79 Å². The molecule has 2 nitrogen and oxygen atoms in total. The van der Waals surface area contributed by atoms with Gasteiger partial charge in [-0.05, 0) is 43.2 Å². The number of Topliss-reactive ketones (excluding diaryl/α,β-unsaturated/α-hetero) is 1. The van der Waals surface area contributed by atoms with Crippen molar-refractivity contribution in [2.24, 2.45) is 0 Å². The van der Waals surface area contributed by atoms with Crippen LogP contribution in [0.3, 0.4) is 0 Å². The first-order valence-electron chi connectivity index (χ1n) is 5.31. The number of ketones is 1. The number of carbonyl (C=O) groups is 1. The molecule has 0 unspecified atom stereocenters. The summed E-state index contributed by atoms with van der Waals surface area (Å²) in [5.74, 6) is -0.0236. The molecule has 0 aliphatic heterocycles. The van der Waals surface area contributed by atoms with Gasteiger partial charge in [0.1, 0.15) is 0 Å². The van der Waals surface area contributed by atoms with E-state index in [1.54, 1.807) is 18.5 Å². The lowest BCUT2D eigenvalue weighted by Crippen LogP contribution is -1.94. The van der Waals surface area contributed by atoms with Crippen LogP contribution in [-0.4, -0.2) is 10.8 Å². The fraction of sp³-hybridized carbons (Fsp3) is 0.143. The van der Waals surface area contributed by atoms with Crippen LogP contribution < -0.4 is 0 Å². The predicted molar refractivity (Wildman–Crippen MR) is 69.4 cm³/mol. The van der Waals surface area contributed by atoms with Gasteiger partial charge in [-0.15, -0.1) is 0 Å². The molecule has 0 fully saturated rings. The van der Waals surface area contributed by atoms with Crippen LogP contribution in [0.1, 0.15) is 22.8 Å². The number of nitrogens with zero attached hydrogens (tertiary/aromatic N) is 1. The summed E-state index contributed by atoms with van der Waals surface area (Å²) in [6, 6.07) is 7.41. The van der Waals surface area contributed by atoms with Gasteiger partial charge in [0.15, 0.2) is 5.78 Å². The summed E-state index contributed by atoms with van der Waals surface area (Å²) < 4.78 is 0. The highest BCUT2D eigenvalue weighted by Gasteiger charge is 2.08. The third-order valence-electron chi connectivity index (χ3n) is 2.70. The van der Waals surface area contributed by atoms with Gasteiger partial charge in [-0.2, -0.15) is 0 Å². The van der Waals surface area contributed by atoms with Crippen LogP contribution in [0.4, 0.5) is 0 Å². The highest BCUT2D eigenvalue weighted by Crippen LogP contribution is 2.27. The Morgan fingerprint density at radius 3 is 2.65 bits per heavy atom. The van der Waals surface area contributed by atoms with Crippen molar-refractivity contribution in [3.8, 4) is 11.1 Å². The standard InChI is InChI=1S/C14H12ClNO/c1-9-5-6-16-8-13(9)11-3-4-12(10(2)17)14(15)7-11/h3-8H,1-2H3. The molecule has 0 N–H and O–H groups in total. The molecule has 0 aliphatic carbocycles. The van der Waals surface area contributed by atoms with E-state index in [1.807, 2.05) is 25.1 Å². The molecular weight excluding hydrogens is 234 g/mol. The second-order valence-corrected chi connectivity index (χ2v) is 4.35. The Balaban J connectivity index is 2.52. The fourth-order valence-electron chi connectivity index (χ4n) is 1.73. The summed E-state index contributed by atoms with van der Waals surface area (Å²) in [6.07, 6.45) is 3.55. The first-order chi connectivity index (χ1) is 8.09. The quantitative estimate of drug-likeness (QED) is 0.751. The Kier molecular flexibility index (Phi) is 3.25. The molecule has 2 rings (SSSR count). The normalized spacial score (nSPS) is 10.3. The van der Waals surface area contributed by atoms with Gasteiger partial charge in [0.2, 0.25) is 0 Å². The van der Waals surface area contributed by atoms with Crippen molar-refractivity contribution in [3.05, 3.63) is 52.8 Å². The summed E-state index contributed by atoms with van der Waals surface area (Å²) >= 11 is 6.09. The van der Waals surface area contributed by atoms with Crippen LogP contribution in [0.5, 0.6) is 0 Å². The minimum atomic E-state index is -0.0236. The smallest absolute Gasteiger partial charge is 0.161 e. The highest BCUT2D eigenvalue weighted by atomic mass is 35.5. The molecule has 0 bridgehead atoms. The molecule has 1 aromatic heterocycles. The molecule has 1 heterocycles. The Morgan fingerprint density at radius 1 is 1.29 bits per heavy atom. The molecule has 86 valence electrons. The maximum atomic E-state index is 11.3. The Hall–Kier alpha value is -1.67. The molecule has 2 aromatic rings. The number of hydrogen-bond acceptors (Lipinski definition) is 2. The van der Waals surface area contributed by atoms with Gasteiger partial charge in [0, 0.05) is 23.5 Å². The van der Waals surface area contributed by atoms with E-state index in [9.17, 15) is 4.79 Å². The first kappa shape index (κ1) is 11.8. The number of aromatic nitrogens is 1. The molecule has 17 heavy (non-hydrogen) atoms. The van der Waals surface area contributed by atoms with E-state index in [1.165, 1.54) is 6.92 Å². The summed E-state index contributed by atoms with van der Waals surface area (Å²) in [4.78, 5) is 15.4. The van der Waals surface area contributed by atoms with Crippen molar-refractivity contribution in [3.63, 3.8) is 0 Å². The molecule has 0 saturated heterocycles. The molecule has 0 spiro atoms. The number of aryl methyl sites for hydroxylation is 1. The van der Waals surface area contributed by atoms with Crippen molar-refractivity contribution in [2.45, 2.75) is 13.8 Å². The minimum Gasteiger partial charge on any atom is -0.294 e. The van der Waals surface area contributed by atoms with Gasteiger partial charge < -0.3 is 0 Å². The Bertz CT molecular complexity index is 578. The van der Waals surface area contributed by atoms with E-state index in [0.717, 1.165) is 16.7 Å². The average molecular weight is 246 g/mol. The lowest BCUT2D eigenvalue weighted by atomic mass is 10.0. The lowest BCUT2D eigenvalue weighted by molar-refractivity contribution is 0.101. The van der Waals surface area contributed by atoms with Crippen molar-refractivity contribution in [2.75, 3.05) is 0 Å². The van der Waals surface area contributed by atoms with E-state index < -0.39 is 0 Å². The van der Waals surface area contributed by atoms with Crippen molar-refractivity contribution >= 4 is 17.4 Å². The number of halogens is 1. The van der Waals surface area contributed by atoms with Gasteiger partial charge in [-0.25, -0.2) is 0 Å². The number of pyridine rings is 1. The van der Waals surface area contributed by atoms with Crippen LogP contribution in [0.2, 0.25) is 5.02 Å². The largest absolute Gasteiger partial charge is 0.294 e. The van der Waals surface area contributed by atoms with Crippen molar-refractivity contribution in [1.82, 2.24) is 4.98 Å². The van der Waals surface area contributed by atoms with Crippen LogP contribution >= 0.6 is 11.6 Å². The van der Waals surface area contributed by atoms with Gasteiger partial charge in [-0.1, -0.05) is 17.7 Å². The molecular formula is C14H12ClNO. The molecule has 0 amide bonds. The van der Waals surface area contributed by atoms with Crippen molar-refractivity contribution in [1.29, 1.82) is 0 Å². The predicted octanol–water partition coefficient (Wildman–Crippen LogP) is 3.91. The molecule has 0 saturated carbocycles. The second-order valence-electron chi connectivity index (χ2n) is 3.94. The Labute approximate surface area is 105 Å². The maximum absolute atomic E-state index is 11.3. The minimum absolute atomic E-state index is 0.0236. The summed E-state index contributed by atoms with van der Waals surface area (Å²) in [7, 11) is 0. The average Bonchev–Trinajstić information content (AvgIpc) is 2.29. The maximum Gasteiger partial charge on any atom is 0.161 e. The van der Waals surface area contributed by atoms with E-state index in [-0.39, 0.29) is 5.78 Å². The third kappa shape index (κ3) is 2.37. The monoisotopic (exact) mass is 245 g/mol. The number of benzene rings is 1. The number of carbonyl (C=O) groups excluding carboxylic acids is 1. The van der Waals surface area contributed by atoms with Gasteiger partial charge >= 0.3 is 0 Å². The van der Waals surface area contributed by atoms with E-state index in [2.05, 4.69) is 4.98 Å². The first-order valence-corrected chi connectivity index (χ1v) is 5.69. The van der Waals surface area contributed by atoms with Crippen LogP contribution in [0, 0.1) is 6.92 Å². The zero-order valence-electron chi connectivity index (χ0n) is 9.70. The zero-order chi connectivity index (χ0) is 12.4. The topological polar surface area (TPSA) is 30.0 Å². The van der Waals surface area contributed by atoms with Crippen LogP contribution in [0.25, 0.3) is 11.1 Å². The second kappa shape index (κ2) is 4.68. The summed E-state index contributed by atoms with van der Waals surface area (Å²) in [6.45, 7) is 3.53. The van der Waals surface area contributed by atoms with Crippen LogP contribution in [0.15, 0.2) is 36.7 Å². The molecule has 0 atom stereocenters. The van der Waals surface area contributed by atoms with Gasteiger partial charge in [0.25, 0.3) is 0 Å². The third-order valence-corrected chi connectivity index (χ3v) is 3.01. The fourth-order valence-corrected chi connectivity index (χ4v) is 2.05. The molecule has 0 radical (unpaired) electrons. The summed E-state index contributed by atoms with van der Waals surface area (Å²) in [5, 5.41) is 0.484. The number of rotatable bonds is 2.